The van der Waals surface area contributed by atoms with Crippen LogP contribution in [0.25, 0.3) is 0 Å². The fraction of sp³-hybridized carbons (Fsp3) is 0.500. The van der Waals surface area contributed by atoms with Crippen LogP contribution in [0.4, 0.5) is 0 Å². The summed E-state index contributed by atoms with van der Waals surface area (Å²) in [7, 11) is 2.22. The Morgan fingerprint density at radius 1 is 1.30 bits per heavy atom. The Hall–Kier alpha value is -0.680. The summed E-state index contributed by atoms with van der Waals surface area (Å²) >= 11 is 3.73. The highest BCUT2D eigenvalue weighted by Gasteiger charge is 2.21. The summed E-state index contributed by atoms with van der Waals surface area (Å²) in [5.41, 5.74) is 0. The number of hydrogen-bond donors (Lipinski definition) is 1. The molecule has 2 nitrogen and oxygen atoms in total. The van der Waals surface area contributed by atoms with E-state index >= 15 is 0 Å². The number of hydrogen-bond acceptors (Lipinski definition) is 4. The first-order valence-corrected chi connectivity index (χ1v) is 9.05. The van der Waals surface area contributed by atoms with Crippen molar-refractivity contribution < 1.29 is 0 Å². The summed E-state index contributed by atoms with van der Waals surface area (Å²) in [6.07, 6.45) is 2.44. The molecule has 4 heteroatoms. The van der Waals surface area contributed by atoms with Gasteiger partial charge in [0.1, 0.15) is 0 Å². The van der Waals surface area contributed by atoms with Crippen molar-refractivity contribution in [2.45, 2.75) is 18.9 Å². The maximum atomic E-state index is 3.81. The highest BCUT2D eigenvalue weighted by atomic mass is 32.1. The lowest BCUT2D eigenvalue weighted by molar-refractivity contribution is 0.379. The first-order chi connectivity index (χ1) is 9.81. The van der Waals surface area contributed by atoms with Crippen LogP contribution in [0.15, 0.2) is 35.0 Å². The van der Waals surface area contributed by atoms with E-state index in [4.69, 9.17) is 0 Å². The number of rotatable bonds is 6. The molecule has 0 aromatic carbocycles. The topological polar surface area (TPSA) is 15.3 Å². The Labute approximate surface area is 129 Å². The second kappa shape index (κ2) is 6.85. The standard InChI is InChI=1S/C16H22N2S2/c1-18-7-6-13(12-18)11-17-15(16-5-3-9-20-16)10-14-4-2-8-19-14/h2-5,8-9,13,15,17H,6-7,10-12H2,1H3. The van der Waals surface area contributed by atoms with Gasteiger partial charge in [-0.2, -0.15) is 0 Å². The van der Waals surface area contributed by atoms with Crippen molar-refractivity contribution in [2.75, 3.05) is 26.7 Å². The summed E-state index contributed by atoms with van der Waals surface area (Å²) in [4.78, 5) is 5.37. The van der Waals surface area contributed by atoms with E-state index in [1.165, 1.54) is 29.3 Å². The van der Waals surface area contributed by atoms with E-state index < -0.39 is 0 Å². The highest BCUT2D eigenvalue weighted by molar-refractivity contribution is 7.10. The molecule has 0 amide bonds. The molecule has 3 rings (SSSR count). The van der Waals surface area contributed by atoms with Crippen molar-refractivity contribution in [2.24, 2.45) is 5.92 Å². The molecule has 1 aliphatic heterocycles. The lowest BCUT2D eigenvalue weighted by Gasteiger charge is -2.19. The molecule has 2 aromatic rings. The molecule has 1 aliphatic rings. The zero-order chi connectivity index (χ0) is 13.8. The molecule has 1 fully saturated rings. The minimum Gasteiger partial charge on any atom is -0.309 e. The fourth-order valence-electron chi connectivity index (χ4n) is 2.89. The Morgan fingerprint density at radius 3 is 2.80 bits per heavy atom. The molecular weight excluding hydrogens is 284 g/mol. The average molecular weight is 307 g/mol. The van der Waals surface area contributed by atoms with Crippen molar-refractivity contribution in [1.29, 1.82) is 0 Å². The zero-order valence-electron chi connectivity index (χ0n) is 11.9. The predicted molar refractivity (Wildman–Crippen MR) is 88.7 cm³/mol. The molecular formula is C16H22N2S2. The second-order valence-electron chi connectivity index (χ2n) is 5.68. The van der Waals surface area contributed by atoms with Gasteiger partial charge in [-0.25, -0.2) is 0 Å². The van der Waals surface area contributed by atoms with Crippen LogP contribution < -0.4 is 5.32 Å². The first-order valence-electron chi connectivity index (χ1n) is 7.29. The lowest BCUT2D eigenvalue weighted by atomic mass is 10.1. The molecule has 0 radical (unpaired) electrons. The molecule has 3 heterocycles. The summed E-state index contributed by atoms with van der Waals surface area (Å²) in [6.45, 7) is 3.63. The summed E-state index contributed by atoms with van der Waals surface area (Å²) in [5, 5.41) is 8.17. The summed E-state index contributed by atoms with van der Waals surface area (Å²) in [5.74, 6) is 0.811. The van der Waals surface area contributed by atoms with Gasteiger partial charge in [-0.05, 0) is 55.4 Å². The normalized spacial score (nSPS) is 21.4. The number of nitrogens with zero attached hydrogens (tertiary/aromatic N) is 1. The van der Waals surface area contributed by atoms with Gasteiger partial charge in [-0.15, -0.1) is 22.7 Å². The maximum absolute atomic E-state index is 3.81. The van der Waals surface area contributed by atoms with E-state index in [9.17, 15) is 0 Å². The molecule has 0 spiro atoms. The predicted octanol–water partition coefficient (Wildman–Crippen LogP) is 3.63. The highest BCUT2D eigenvalue weighted by Crippen LogP contribution is 2.25. The lowest BCUT2D eigenvalue weighted by Crippen LogP contribution is -2.29. The molecule has 0 saturated carbocycles. The van der Waals surface area contributed by atoms with Crippen molar-refractivity contribution in [3.63, 3.8) is 0 Å². The SMILES string of the molecule is CN1CCC(CNC(Cc2cccs2)c2cccs2)C1. The molecule has 20 heavy (non-hydrogen) atoms. The van der Waals surface area contributed by atoms with Gasteiger partial charge in [0, 0.05) is 28.8 Å². The Balaban J connectivity index is 1.60. The molecule has 0 aliphatic carbocycles. The van der Waals surface area contributed by atoms with E-state index in [0.717, 1.165) is 18.9 Å². The first kappa shape index (κ1) is 14.3. The smallest absolute Gasteiger partial charge is 0.0463 e. The number of likely N-dealkylation sites (tertiary alicyclic amines) is 1. The van der Waals surface area contributed by atoms with Crippen LogP contribution in [0.3, 0.4) is 0 Å². The van der Waals surface area contributed by atoms with E-state index in [1.807, 2.05) is 22.7 Å². The minimum atomic E-state index is 0.472. The van der Waals surface area contributed by atoms with Gasteiger partial charge in [0.05, 0.1) is 0 Å². The molecule has 2 unspecified atom stereocenters. The van der Waals surface area contributed by atoms with E-state index in [1.54, 1.807) is 0 Å². The molecule has 1 saturated heterocycles. The van der Waals surface area contributed by atoms with Crippen molar-refractivity contribution >= 4 is 22.7 Å². The van der Waals surface area contributed by atoms with Crippen LogP contribution in [-0.4, -0.2) is 31.6 Å². The van der Waals surface area contributed by atoms with Gasteiger partial charge in [0.15, 0.2) is 0 Å². The van der Waals surface area contributed by atoms with Crippen LogP contribution in [0.5, 0.6) is 0 Å². The van der Waals surface area contributed by atoms with E-state index in [0.29, 0.717) is 6.04 Å². The summed E-state index contributed by atoms with van der Waals surface area (Å²) in [6, 6.07) is 9.29. The molecule has 2 aromatic heterocycles. The van der Waals surface area contributed by atoms with Crippen molar-refractivity contribution in [3.05, 3.63) is 44.8 Å². The van der Waals surface area contributed by atoms with E-state index in [2.05, 4.69) is 52.3 Å². The van der Waals surface area contributed by atoms with Crippen LogP contribution in [0, 0.1) is 5.92 Å². The zero-order valence-corrected chi connectivity index (χ0v) is 13.6. The molecule has 108 valence electrons. The summed E-state index contributed by atoms with van der Waals surface area (Å²) < 4.78 is 0. The largest absolute Gasteiger partial charge is 0.309 e. The second-order valence-corrected chi connectivity index (χ2v) is 7.69. The van der Waals surface area contributed by atoms with Gasteiger partial charge >= 0.3 is 0 Å². The van der Waals surface area contributed by atoms with Gasteiger partial charge in [0.25, 0.3) is 0 Å². The minimum absolute atomic E-state index is 0.472. The monoisotopic (exact) mass is 306 g/mol. The average Bonchev–Trinajstić information content (AvgIpc) is 3.17. The quantitative estimate of drug-likeness (QED) is 0.876. The van der Waals surface area contributed by atoms with Crippen LogP contribution >= 0.6 is 22.7 Å². The third-order valence-corrected chi connectivity index (χ3v) is 5.90. The van der Waals surface area contributed by atoms with Crippen LogP contribution in [-0.2, 0) is 6.42 Å². The van der Waals surface area contributed by atoms with Crippen molar-refractivity contribution in [1.82, 2.24) is 10.2 Å². The van der Waals surface area contributed by atoms with E-state index in [-0.39, 0.29) is 0 Å². The Kier molecular flexibility index (Phi) is 4.89. The maximum Gasteiger partial charge on any atom is 0.0463 e. The van der Waals surface area contributed by atoms with Crippen LogP contribution in [0.2, 0.25) is 0 Å². The van der Waals surface area contributed by atoms with Gasteiger partial charge in [-0.3, -0.25) is 0 Å². The van der Waals surface area contributed by atoms with Gasteiger partial charge in [-0.1, -0.05) is 12.1 Å². The van der Waals surface area contributed by atoms with Gasteiger partial charge < -0.3 is 10.2 Å². The van der Waals surface area contributed by atoms with Gasteiger partial charge in [0.2, 0.25) is 0 Å². The fourth-order valence-corrected chi connectivity index (χ4v) is 4.45. The number of nitrogens with one attached hydrogen (secondary N) is 1. The Morgan fingerprint density at radius 2 is 2.15 bits per heavy atom. The molecule has 0 bridgehead atoms. The number of thiophene rings is 2. The Bertz CT molecular complexity index is 493. The van der Waals surface area contributed by atoms with Crippen molar-refractivity contribution in [3.8, 4) is 0 Å². The van der Waals surface area contributed by atoms with Crippen LogP contribution in [0.1, 0.15) is 22.2 Å². The molecule has 1 N–H and O–H groups in total. The third-order valence-electron chi connectivity index (χ3n) is 4.01. The molecule has 2 atom stereocenters. The third kappa shape index (κ3) is 3.70.